The number of hydrogen-bond donors (Lipinski definition) is 1. The molecule has 1 aliphatic heterocycles. The molecule has 94 valence electrons. The maximum absolute atomic E-state index is 11.6. The molecule has 1 N–H and O–H groups in total. The van der Waals surface area contributed by atoms with E-state index >= 15 is 0 Å². The summed E-state index contributed by atoms with van der Waals surface area (Å²) in [6, 6.07) is 7.59. The molecule has 2 rings (SSSR count). The highest BCUT2D eigenvalue weighted by atomic mass is 32.2. The Labute approximate surface area is 107 Å². The van der Waals surface area contributed by atoms with E-state index in [1.54, 1.807) is 19.1 Å². The minimum absolute atomic E-state index is 0.152. The minimum Gasteiger partial charge on any atom is -0.381 e. The van der Waals surface area contributed by atoms with Crippen molar-refractivity contribution in [1.82, 2.24) is 0 Å². The molecular weight excluding hydrogens is 254 g/mol. The average molecular weight is 271 g/mol. The summed E-state index contributed by atoms with van der Waals surface area (Å²) in [6.45, 7) is 1.66. The molecule has 0 radical (unpaired) electrons. The molecule has 1 heterocycles. The van der Waals surface area contributed by atoms with Crippen molar-refractivity contribution >= 4 is 27.3 Å². The Morgan fingerprint density at radius 2 is 2.06 bits per heavy atom. The first-order valence-corrected chi connectivity index (χ1v) is 8.59. The number of anilines is 1. The van der Waals surface area contributed by atoms with Crippen LogP contribution in [0, 0.1) is 0 Å². The lowest BCUT2D eigenvalue weighted by Crippen LogP contribution is -2.17. The monoisotopic (exact) mass is 271 g/mol. The Bertz CT molecular complexity index is 462. The molecule has 1 aromatic rings. The van der Waals surface area contributed by atoms with Crippen LogP contribution in [-0.2, 0) is 9.84 Å². The van der Waals surface area contributed by atoms with Crippen LogP contribution in [0.1, 0.15) is 13.3 Å². The summed E-state index contributed by atoms with van der Waals surface area (Å²) >= 11 is 1.95. The molecule has 0 spiro atoms. The molecule has 3 nitrogen and oxygen atoms in total. The minimum atomic E-state index is -3.07. The van der Waals surface area contributed by atoms with Gasteiger partial charge in [0.15, 0.2) is 9.84 Å². The maximum atomic E-state index is 11.6. The van der Waals surface area contributed by atoms with E-state index in [1.165, 1.54) is 12.2 Å². The van der Waals surface area contributed by atoms with Gasteiger partial charge in [-0.25, -0.2) is 8.42 Å². The third kappa shape index (κ3) is 3.16. The Hall–Kier alpha value is -0.680. The first-order chi connectivity index (χ1) is 8.12. The second-order valence-electron chi connectivity index (χ2n) is 4.13. The predicted molar refractivity (Wildman–Crippen MR) is 73.5 cm³/mol. The van der Waals surface area contributed by atoms with Crippen LogP contribution >= 0.6 is 11.8 Å². The van der Waals surface area contributed by atoms with Crippen molar-refractivity contribution in [3.05, 3.63) is 24.3 Å². The van der Waals surface area contributed by atoms with Crippen molar-refractivity contribution in [2.75, 3.05) is 22.6 Å². The average Bonchev–Trinajstić information content (AvgIpc) is 2.83. The molecule has 1 atom stereocenters. The van der Waals surface area contributed by atoms with Gasteiger partial charge in [0.05, 0.1) is 10.6 Å². The van der Waals surface area contributed by atoms with Gasteiger partial charge >= 0.3 is 0 Å². The molecule has 1 aromatic carbocycles. The fourth-order valence-corrected chi connectivity index (χ4v) is 3.85. The normalized spacial score (nSPS) is 20.4. The number of nitrogens with one attached hydrogen (secondary N) is 1. The topological polar surface area (TPSA) is 46.2 Å². The van der Waals surface area contributed by atoms with Crippen molar-refractivity contribution in [1.29, 1.82) is 0 Å². The van der Waals surface area contributed by atoms with Crippen LogP contribution in [0.5, 0.6) is 0 Å². The van der Waals surface area contributed by atoms with Gasteiger partial charge in [0.25, 0.3) is 0 Å². The first-order valence-electron chi connectivity index (χ1n) is 5.79. The lowest BCUT2D eigenvalue weighted by Gasteiger charge is -2.13. The van der Waals surface area contributed by atoms with Gasteiger partial charge in [0.2, 0.25) is 0 Å². The SMILES string of the molecule is CCS(=O)(=O)c1ccc(NC2CCSC2)cc1. The second kappa shape index (κ2) is 5.31. The summed E-state index contributed by atoms with van der Waals surface area (Å²) in [6.07, 6.45) is 1.18. The highest BCUT2D eigenvalue weighted by Gasteiger charge is 2.15. The van der Waals surface area contributed by atoms with E-state index in [-0.39, 0.29) is 5.75 Å². The van der Waals surface area contributed by atoms with Gasteiger partial charge in [0.1, 0.15) is 0 Å². The first kappa shape index (κ1) is 12.8. The van der Waals surface area contributed by atoms with Gasteiger partial charge in [0, 0.05) is 17.5 Å². The quantitative estimate of drug-likeness (QED) is 0.913. The summed E-state index contributed by atoms with van der Waals surface area (Å²) in [5, 5.41) is 3.42. The number of rotatable bonds is 4. The largest absolute Gasteiger partial charge is 0.381 e. The van der Waals surface area contributed by atoms with E-state index in [0.717, 1.165) is 11.4 Å². The standard InChI is InChI=1S/C12H17NO2S2/c1-2-17(14,15)12-5-3-10(4-6-12)13-11-7-8-16-9-11/h3-6,11,13H,2,7-9H2,1H3. The maximum Gasteiger partial charge on any atom is 0.178 e. The van der Waals surface area contributed by atoms with E-state index < -0.39 is 9.84 Å². The molecule has 1 aliphatic rings. The highest BCUT2D eigenvalue weighted by Crippen LogP contribution is 2.22. The molecule has 1 saturated heterocycles. The molecule has 0 bridgehead atoms. The van der Waals surface area contributed by atoms with E-state index in [9.17, 15) is 8.42 Å². The van der Waals surface area contributed by atoms with Gasteiger partial charge in [-0.15, -0.1) is 0 Å². The summed E-state index contributed by atoms with van der Waals surface area (Å²) < 4.78 is 23.3. The zero-order valence-electron chi connectivity index (χ0n) is 9.85. The van der Waals surface area contributed by atoms with Crippen LogP contribution in [0.15, 0.2) is 29.2 Å². The van der Waals surface area contributed by atoms with E-state index in [2.05, 4.69) is 5.32 Å². The molecule has 1 unspecified atom stereocenters. The van der Waals surface area contributed by atoms with E-state index in [1.807, 2.05) is 23.9 Å². The fraction of sp³-hybridized carbons (Fsp3) is 0.500. The summed E-state index contributed by atoms with van der Waals surface area (Å²) in [7, 11) is -3.07. The van der Waals surface area contributed by atoms with Crippen molar-refractivity contribution in [3.63, 3.8) is 0 Å². The molecule has 0 aliphatic carbocycles. The summed E-state index contributed by atoms with van der Waals surface area (Å²) in [4.78, 5) is 0.409. The number of sulfone groups is 1. The Kier molecular flexibility index (Phi) is 3.99. The molecular formula is C12H17NO2S2. The lowest BCUT2D eigenvalue weighted by atomic mass is 10.2. The zero-order valence-corrected chi connectivity index (χ0v) is 11.5. The highest BCUT2D eigenvalue weighted by molar-refractivity contribution is 7.99. The van der Waals surface area contributed by atoms with Gasteiger partial charge in [-0.1, -0.05) is 6.92 Å². The zero-order chi connectivity index (χ0) is 12.3. The predicted octanol–water partition coefficient (Wildman–Crippen LogP) is 2.40. The smallest absolute Gasteiger partial charge is 0.178 e. The van der Waals surface area contributed by atoms with E-state index in [0.29, 0.717) is 10.9 Å². The van der Waals surface area contributed by atoms with Gasteiger partial charge < -0.3 is 5.32 Å². The third-order valence-corrected chi connectivity index (χ3v) is 5.81. The van der Waals surface area contributed by atoms with Crippen LogP contribution in [0.3, 0.4) is 0 Å². The van der Waals surface area contributed by atoms with E-state index in [4.69, 9.17) is 0 Å². The fourth-order valence-electron chi connectivity index (χ4n) is 1.81. The van der Waals surface area contributed by atoms with Crippen molar-refractivity contribution in [2.45, 2.75) is 24.3 Å². The van der Waals surface area contributed by atoms with Crippen LogP contribution < -0.4 is 5.32 Å². The number of hydrogen-bond acceptors (Lipinski definition) is 4. The number of benzene rings is 1. The Balaban J connectivity index is 2.07. The molecule has 0 aromatic heterocycles. The van der Waals surface area contributed by atoms with Crippen molar-refractivity contribution in [3.8, 4) is 0 Å². The third-order valence-electron chi connectivity index (χ3n) is 2.89. The van der Waals surface area contributed by atoms with Crippen LogP contribution in [0.4, 0.5) is 5.69 Å². The van der Waals surface area contributed by atoms with Gasteiger partial charge in [-0.3, -0.25) is 0 Å². The van der Waals surface area contributed by atoms with Crippen LogP contribution in [0.2, 0.25) is 0 Å². The molecule has 5 heteroatoms. The Morgan fingerprint density at radius 3 is 2.59 bits per heavy atom. The van der Waals surface area contributed by atoms with Gasteiger partial charge in [-0.2, -0.15) is 11.8 Å². The van der Waals surface area contributed by atoms with Gasteiger partial charge in [-0.05, 0) is 36.4 Å². The van der Waals surface area contributed by atoms with Crippen molar-refractivity contribution < 1.29 is 8.42 Å². The molecule has 17 heavy (non-hydrogen) atoms. The Morgan fingerprint density at radius 1 is 1.35 bits per heavy atom. The van der Waals surface area contributed by atoms with Crippen molar-refractivity contribution in [2.24, 2.45) is 0 Å². The lowest BCUT2D eigenvalue weighted by molar-refractivity contribution is 0.597. The van der Waals surface area contributed by atoms with Crippen LogP contribution in [0.25, 0.3) is 0 Å². The molecule has 0 saturated carbocycles. The molecule has 1 fully saturated rings. The number of thioether (sulfide) groups is 1. The second-order valence-corrected chi connectivity index (χ2v) is 7.56. The summed E-state index contributed by atoms with van der Waals surface area (Å²) in [5.41, 5.74) is 1.01. The summed E-state index contributed by atoms with van der Waals surface area (Å²) in [5.74, 6) is 2.49. The van der Waals surface area contributed by atoms with Crippen LogP contribution in [-0.4, -0.2) is 31.7 Å². The molecule has 0 amide bonds.